The van der Waals surface area contributed by atoms with Gasteiger partial charge in [-0.05, 0) is 78.6 Å². The Labute approximate surface area is 269 Å². The van der Waals surface area contributed by atoms with Crippen LogP contribution in [0, 0.1) is 5.92 Å². The zero-order valence-electron chi connectivity index (χ0n) is 26.1. The van der Waals surface area contributed by atoms with Gasteiger partial charge in [-0.3, -0.25) is 9.59 Å². The van der Waals surface area contributed by atoms with Gasteiger partial charge >= 0.3 is 5.97 Å². The molecule has 1 N–H and O–H groups in total. The van der Waals surface area contributed by atoms with E-state index in [0.717, 1.165) is 48.3 Å². The maximum absolute atomic E-state index is 14.3. The number of phenols is 1. The third-order valence-electron chi connectivity index (χ3n) is 10.2. The fourth-order valence-electron chi connectivity index (χ4n) is 8.13. The number of carbonyl (C=O) groups excluding carboxylic acids is 3. The topological polar surface area (TPSA) is 92.1 Å². The molecule has 4 aromatic rings. The van der Waals surface area contributed by atoms with Crippen LogP contribution in [0.25, 0.3) is 0 Å². The summed E-state index contributed by atoms with van der Waals surface area (Å²) in [6.07, 6.45) is 3.61. The summed E-state index contributed by atoms with van der Waals surface area (Å²) in [6.45, 7) is 2.46. The number of benzene rings is 3. The highest BCUT2D eigenvalue weighted by Gasteiger charge is 2.64. The van der Waals surface area contributed by atoms with Crippen LogP contribution in [0.15, 0.2) is 91.0 Å². The van der Waals surface area contributed by atoms with Gasteiger partial charge in [0.1, 0.15) is 11.4 Å². The van der Waals surface area contributed by atoms with E-state index in [2.05, 4.69) is 4.57 Å². The number of aromatic hydroxyl groups is 1. The first-order valence-electron chi connectivity index (χ1n) is 16.2. The lowest BCUT2D eigenvalue weighted by Gasteiger charge is -2.40. The largest absolute Gasteiger partial charge is 0.508 e. The molecule has 3 aliphatic rings. The average molecular weight is 618 g/mol. The van der Waals surface area contributed by atoms with Gasteiger partial charge in [0.05, 0.1) is 7.11 Å². The van der Waals surface area contributed by atoms with Crippen molar-refractivity contribution in [3.8, 4) is 5.75 Å². The van der Waals surface area contributed by atoms with E-state index in [1.165, 1.54) is 7.11 Å². The van der Waals surface area contributed by atoms with Gasteiger partial charge in [0.2, 0.25) is 0 Å². The molecule has 3 aromatic carbocycles. The van der Waals surface area contributed by atoms with Crippen molar-refractivity contribution in [1.29, 1.82) is 0 Å². The van der Waals surface area contributed by atoms with Gasteiger partial charge in [-0.1, -0.05) is 60.7 Å². The van der Waals surface area contributed by atoms with Crippen LogP contribution < -0.4 is 0 Å². The second-order valence-electron chi connectivity index (χ2n) is 12.8. The Bertz CT molecular complexity index is 1740. The first-order chi connectivity index (χ1) is 22.4. The molecule has 1 aliphatic carbocycles. The lowest BCUT2D eigenvalue weighted by molar-refractivity contribution is -0.153. The first kappa shape index (κ1) is 29.8. The number of aryl methyl sites for hydroxylation is 1. The van der Waals surface area contributed by atoms with Crippen LogP contribution in [0.3, 0.4) is 0 Å². The molecule has 3 atom stereocenters. The van der Waals surface area contributed by atoms with Crippen molar-refractivity contribution in [2.24, 2.45) is 5.92 Å². The van der Waals surface area contributed by atoms with Gasteiger partial charge in [-0.25, -0.2) is 4.79 Å². The van der Waals surface area contributed by atoms with Crippen molar-refractivity contribution in [3.63, 3.8) is 0 Å². The molecule has 2 saturated heterocycles. The third-order valence-corrected chi connectivity index (χ3v) is 10.2. The number of hydrogen-bond donors (Lipinski definition) is 1. The minimum atomic E-state index is -1.30. The highest BCUT2D eigenvalue weighted by atomic mass is 16.5. The van der Waals surface area contributed by atoms with E-state index < -0.39 is 11.5 Å². The number of likely N-dealkylation sites (tertiary alicyclic amines) is 2. The molecule has 0 spiro atoms. The molecule has 1 aromatic heterocycles. The number of esters is 1. The monoisotopic (exact) mass is 617 g/mol. The van der Waals surface area contributed by atoms with Crippen molar-refractivity contribution < 1.29 is 24.2 Å². The highest BCUT2D eigenvalue weighted by Crippen LogP contribution is 2.55. The van der Waals surface area contributed by atoms with Crippen molar-refractivity contribution >= 4 is 17.8 Å². The Morgan fingerprint density at radius 2 is 1.54 bits per heavy atom. The van der Waals surface area contributed by atoms with Crippen LogP contribution in [-0.4, -0.2) is 69.5 Å². The Morgan fingerprint density at radius 3 is 2.22 bits per heavy atom. The third kappa shape index (κ3) is 5.06. The summed E-state index contributed by atoms with van der Waals surface area (Å²) in [5.74, 6) is -0.769. The van der Waals surface area contributed by atoms with Crippen LogP contribution in [-0.2, 0) is 35.3 Å². The number of fused-ring (bicyclic) bond motifs is 3. The molecule has 0 radical (unpaired) electrons. The Hall–Kier alpha value is -4.85. The Kier molecular flexibility index (Phi) is 7.89. The SMILES string of the molecule is COC(=O)[C@@]1(Cc2ccccc2)[C@H]2c3cc(C(=O)N4CCCC4)n(CCc4ccc(O)cc4)c3C[C@H]2CN1C(=O)c1ccccc1. The number of ether oxygens (including phenoxy) is 1. The zero-order chi connectivity index (χ0) is 31.8. The van der Waals surface area contributed by atoms with Gasteiger partial charge in [0.25, 0.3) is 11.8 Å². The second kappa shape index (κ2) is 12.2. The fraction of sp³-hybridized carbons (Fsp3) is 0.342. The molecule has 7 rings (SSSR count). The van der Waals surface area contributed by atoms with E-state index in [1.54, 1.807) is 29.2 Å². The lowest BCUT2D eigenvalue weighted by Crippen LogP contribution is -2.58. The Balaban J connectivity index is 1.35. The quantitative estimate of drug-likeness (QED) is 0.273. The van der Waals surface area contributed by atoms with Crippen molar-refractivity contribution in [2.45, 2.75) is 50.1 Å². The standard InChI is InChI=1S/C38H39N3O5/c1-46-37(45)38(24-27-10-4-2-5-11-27)34-29(25-41(38)35(43)28-12-6-3-7-13-28)22-32-31(34)23-33(36(44)39-19-8-9-20-39)40(32)21-18-26-14-16-30(42)17-15-26/h2-7,10-17,23,29,34,42H,8-9,18-22,24-25H2,1H3/t29-,34+,38+/m0/s1. The number of phenolic OH excluding ortho intramolecular Hbond substituents is 1. The van der Waals surface area contributed by atoms with Crippen LogP contribution >= 0.6 is 0 Å². The smallest absolute Gasteiger partial charge is 0.332 e. The van der Waals surface area contributed by atoms with Gasteiger partial charge in [0.15, 0.2) is 5.54 Å². The van der Waals surface area contributed by atoms with Crippen LogP contribution in [0.1, 0.15) is 62.0 Å². The summed E-state index contributed by atoms with van der Waals surface area (Å²) in [6, 6.07) is 28.1. The summed E-state index contributed by atoms with van der Waals surface area (Å²) < 4.78 is 7.76. The van der Waals surface area contributed by atoms with E-state index in [-0.39, 0.29) is 29.4 Å². The van der Waals surface area contributed by atoms with Crippen LogP contribution in [0.2, 0.25) is 0 Å². The van der Waals surface area contributed by atoms with Gasteiger partial charge in [0, 0.05) is 49.8 Å². The maximum atomic E-state index is 14.3. The summed E-state index contributed by atoms with van der Waals surface area (Å²) in [5, 5.41) is 9.80. The molecule has 2 amide bonds. The zero-order valence-corrected chi connectivity index (χ0v) is 26.1. The molecule has 236 valence electrons. The molecule has 2 aliphatic heterocycles. The highest BCUT2D eigenvalue weighted by molar-refractivity contribution is 6.00. The molecule has 0 saturated carbocycles. The van der Waals surface area contributed by atoms with Crippen LogP contribution in [0.5, 0.6) is 5.75 Å². The number of rotatable bonds is 8. The number of amides is 2. The van der Waals surface area contributed by atoms with E-state index >= 15 is 0 Å². The van der Waals surface area contributed by atoms with E-state index in [1.807, 2.05) is 71.6 Å². The predicted molar refractivity (Wildman–Crippen MR) is 174 cm³/mol. The predicted octanol–water partition coefficient (Wildman–Crippen LogP) is 5.24. The number of aromatic nitrogens is 1. The number of nitrogens with zero attached hydrogens (tertiary/aromatic N) is 3. The van der Waals surface area contributed by atoms with Gasteiger partial charge < -0.3 is 24.2 Å². The second-order valence-corrected chi connectivity index (χ2v) is 12.8. The van der Waals surface area contributed by atoms with E-state index in [4.69, 9.17) is 4.74 Å². The average Bonchev–Trinajstić information content (AvgIpc) is 3.87. The molecular weight excluding hydrogens is 578 g/mol. The maximum Gasteiger partial charge on any atom is 0.332 e. The lowest BCUT2D eigenvalue weighted by atomic mass is 9.75. The molecule has 3 heterocycles. The number of carbonyl (C=O) groups is 3. The first-order valence-corrected chi connectivity index (χ1v) is 16.2. The minimum absolute atomic E-state index is 0.0103. The fourth-order valence-corrected chi connectivity index (χ4v) is 8.13. The molecule has 0 bridgehead atoms. The molecule has 8 nitrogen and oxygen atoms in total. The summed E-state index contributed by atoms with van der Waals surface area (Å²) in [5.41, 5.74) is 3.89. The summed E-state index contributed by atoms with van der Waals surface area (Å²) in [4.78, 5) is 46.3. The van der Waals surface area contributed by atoms with Gasteiger partial charge in [-0.15, -0.1) is 0 Å². The molecular formula is C38H39N3O5. The summed E-state index contributed by atoms with van der Waals surface area (Å²) >= 11 is 0. The van der Waals surface area contributed by atoms with Crippen LogP contribution in [0.4, 0.5) is 0 Å². The Morgan fingerprint density at radius 1 is 0.870 bits per heavy atom. The normalized spacial score (nSPS) is 21.7. The number of methoxy groups -OCH3 is 1. The molecule has 8 heteroatoms. The molecule has 2 fully saturated rings. The van der Waals surface area contributed by atoms with E-state index in [0.29, 0.717) is 43.6 Å². The van der Waals surface area contributed by atoms with Crippen molar-refractivity contribution in [1.82, 2.24) is 14.4 Å². The molecule has 46 heavy (non-hydrogen) atoms. The molecule has 0 unspecified atom stereocenters. The van der Waals surface area contributed by atoms with Gasteiger partial charge in [-0.2, -0.15) is 0 Å². The number of hydrogen-bond acceptors (Lipinski definition) is 5. The van der Waals surface area contributed by atoms with Crippen molar-refractivity contribution in [2.75, 3.05) is 26.7 Å². The summed E-state index contributed by atoms with van der Waals surface area (Å²) in [7, 11) is 1.40. The minimum Gasteiger partial charge on any atom is -0.508 e. The van der Waals surface area contributed by atoms with Crippen molar-refractivity contribution in [3.05, 3.63) is 125 Å². The van der Waals surface area contributed by atoms with E-state index in [9.17, 15) is 19.5 Å².